The monoisotopic (exact) mass is 239 g/mol. The smallest absolute Gasteiger partial charge is 0.163 e. The van der Waals surface area contributed by atoms with Crippen molar-refractivity contribution in [2.45, 2.75) is 0 Å². The number of benzene rings is 1. The van der Waals surface area contributed by atoms with Crippen molar-refractivity contribution in [2.24, 2.45) is 0 Å². The number of aromatic amines is 1. The molecule has 0 saturated carbocycles. The van der Waals surface area contributed by atoms with Gasteiger partial charge in [0.25, 0.3) is 0 Å². The SMILES string of the molecule is N#Cc1c(-n2cccc2)[nH]c2cc([NH2+]O)ccc12. The lowest BCUT2D eigenvalue weighted by Gasteiger charge is -1.98. The molecule has 2 heterocycles. The fourth-order valence-corrected chi connectivity index (χ4v) is 2.07. The van der Waals surface area contributed by atoms with E-state index in [0.717, 1.165) is 22.2 Å². The van der Waals surface area contributed by atoms with Crippen LogP contribution < -0.4 is 5.48 Å². The molecule has 88 valence electrons. The van der Waals surface area contributed by atoms with Crippen LogP contribution in [0.4, 0.5) is 5.69 Å². The predicted molar refractivity (Wildman–Crippen MR) is 65.7 cm³/mol. The zero-order valence-electron chi connectivity index (χ0n) is 9.46. The van der Waals surface area contributed by atoms with Gasteiger partial charge in [0.15, 0.2) is 5.69 Å². The van der Waals surface area contributed by atoms with Crippen molar-refractivity contribution in [3.63, 3.8) is 0 Å². The van der Waals surface area contributed by atoms with Crippen LogP contribution in [0.2, 0.25) is 0 Å². The quantitative estimate of drug-likeness (QED) is 0.467. The summed E-state index contributed by atoms with van der Waals surface area (Å²) < 4.78 is 1.86. The summed E-state index contributed by atoms with van der Waals surface area (Å²) in [5.74, 6) is 0.743. The second kappa shape index (κ2) is 4.04. The third-order valence-electron chi connectivity index (χ3n) is 2.93. The highest BCUT2D eigenvalue weighted by atomic mass is 16.5. The van der Waals surface area contributed by atoms with E-state index in [1.807, 2.05) is 41.2 Å². The topological polar surface area (TPSA) is 81.3 Å². The zero-order valence-corrected chi connectivity index (χ0v) is 9.46. The molecule has 3 rings (SSSR count). The van der Waals surface area contributed by atoms with Crippen molar-refractivity contribution in [1.29, 1.82) is 5.26 Å². The Labute approximate surface area is 103 Å². The van der Waals surface area contributed by atoms with Gasteiger partial charge < -0.3 is 9.55 Å². The maximum absolute atomic E-state index is 9.29. The van der Waals surface area contributed by atoms with Crippen LogP contribution >= 0.6 is 0 Å². The minimum absolute atomic E-state index is 0.602. The summed E-state index contributed by atoms with van der Waals surface area (Å²) in [6, 6.07) is 11.4. The van der Waals surface area contributed by atoms with E-state index in [4.69, 9.17) is 5.21 Å². The molecule has 0 aliphatic carbocycles. The molecule has 0 fully saturated rings. The van der Waals surface area contributed by atoms with Crippen LogP contribution in [0.15, 0.2) is 42.7 Å². The Morgan fingerprint density at radius 3 is 2.72 bits per heavy atom. The molecule has 18 heavy (non-hydrogen) atoms. The fraction of sp³-hybridized carbons (Fsp3) is 0. The number of nitrogens with zero attached hydrogens (tertiary/aromatic N) is 2. The predicted octanol–water partition coefficient (Wildman–Crippen LogP) is 1.41. The van der Waals surface area contributed by atoms with Crippen molar-refractivity contribution in [2.75, 3.05) is 0 Å². The number of rotatable bonds is 2. The van der Waals surface area contributed by atoms with Crippen molar-refractivity contribution < 1.29 is 10.7 Å². The molecule has 3 aromatic rings. The Morgan fingerprint density at radius 2 is 2.06 bits per heavy atom. The lowest BCUT2D eigenvalue weighted by atomic mass is 10.1. The number of quaternary nitrogens is 1. The molecular weight excluding hydrogens is 228 g/mol. The Bertz CT molecular complexity index is 734. The Balaban J connectivity index is 2.30. The summed E-state index contributed by atoms with van der Waals surface area (Å²) >= 11 is 0. The number of aromatic nitrogens is 2. The van der Waals surface area contributed by atoms with Crippen LogP contribution in [-0.2, 0) is 0 Å². The number of H-pyrrole nitrogens is 1. The fourth-order valence-electron chi connectivity index (χ4n) is 2.07. The van der Waals surface area contributed by atoms with Gasteiger partial charge in [0.1, 0.15) is 17.5 Å². The van der Waals surface area contributed by atoms with Gasteiger partial charge in [-0.3, -0.25) is 0 Å². The van der Waals surface area contributed by atoms with Gasteiger partial charge in [0.05, 0.1) is 5.52 Å². The molecular formula is C13H11N4O+. The Hall–Kier alpha value is -2.55. The highest BCUT2D eigenvalue weighted by Crippen LogP contribution is 2.25. The van der Waals surface area contributed by atoms with Crippen LogP contribution in [-0.4, -0.2) is 14.8 Å². The van der Waals surface area contributed by atoms with Crippen LogP contribution in [0.3, 0.4) is 0 Å². The number of hydrogen-bond donors (Lipinski definition) is 3. The average Bonchev–Trinajstić information content (AvgIpc) is 3.04. The van der Waals surface area contributed by atoms with Gasteiger partial charge in [-0.05, 0) is 18.2 Å². The van der Waals surface area contributed by atoms with E-state index in [0.29, 0.717) is 11.3 Å². The van der Waals surface area contributed by atoms with E-state index in [2.05, 4.69) is 11.1 Å². The zero-order chi connectivity index (χ0) is 12.5. The number of nitriles is 1. The van der Waals surface area contributed by atoms with Gasteiger partial charge in [-0.2, -0.15) is 10.7 Å². The van der Waals surface area contributed by atoms with E-state index in [1.54, 1.807) is 6.07 Å². The minimum atomic E-state index is 0.602. The van der Waals surface area contributed by atoms with Crippen LogP contribution in [0.1, 0.15) is 5.56 Å². The maximum atomic E-state index is 9.29. The molecule has 0 unspecified atom stereocenters. The van der Waals surface area contributed by atoms with Crippen molar-refractivity contribution >= 4 is 16.6 Å². The first kappa shape index (κ1) is 10.6. The van der Waals surface area contributed by atoms with Crippen molar-refractivity contribution in [1.82, 2.24) is 9.55 Å². The van der Waals surface area contributed by atoms with Gasteiger partial charge in [0.2, 0.25) is 0 Å². The largest absolute Gasteiger partial charge is 0.340 e. The van der Waals surface area contributed by atoms with Gasteiger partial charge in [-0.15, -0.1) is 0 Å². The molecule has 5 nitrogen and oxygen atoms in total. The lowest BCUT2D eigenvalue weighted by molar-refractivity contribution is -0.825. The summed E-state index contributed by atoms with van der Waals surface area (Å²) in [5.41, 5.74) is 3.18. The summed E-state index contributed by atoms with van der Waals surface area (Å²) in [7, 11) is 0. The molecule has 0 bridgehead atoms. The van der Waals surface area contributed by atoms with E-state index in [1.165, 1.54) is 0 Å². The first-order valence-corrected chi connectivity index (χ1v) is 5.50. The van der Waals surface area contributed by atoms with E-state index in [-0.39, 0.29) is 0 Å². The van der Waals surface area contributed by atoms with Gasteiger partial charge in [-0.1, -0.05) is 0 Å². The second-order valence-corrected chi connectivity index (χ2v) is 3.98. The number of fused-ring (bicyclic) bond motifs is 1. The van der Waals surface area contributed by atoms with Gasteiger partial charge in [0, 0.05) is 29.9 Å². The average molecular weight is 239 g/mol. The molecule has 1 aromatic carbocycles. The molecule has 2 aromatic heterocycles. The summed E-state index contributed by atoms with van der Waals surface area (Å²) in [6.45, 7) is 0. The summed E-state index contributed by atoms with van der Waals surface area (Å²) in [4.78, 5) is 3.20. The van der Waals surface area contributed by atoms with Crippen LogP contribution in [0.25, 0.3) is 16.7 Å². The standard InChI is InChI=1S/C13H10N4O/c14-8-11-10-4-3-9(16-18)7-12(10)15-13(11)17-5-1-2-6-17/h1-7,15-16,18H/p+1. The number of nitrogens with one attached hydrogen (secondary N) is 1. The number of hydrogen-bond acceptors (Lipinski definition) is 2. The van der Waals surface area contributed by atoms with Crippen molar-refractivity contribution in [3.8, 4) is 11.9 Å². The van der Waals surface area contributed by atoms with E-state index in [9.17, 15) is 5.26 Å². The van der Waals surface area contributed by atoms with Crippen LogP contribution in [0.5, 0.6) is 0 Å². The molecule has 0 aliphatic rings. The first-order chi connectivity index (χ1) is 8.83. The molecule has 5 heteroatoms. The summed E-state index contributed by atoms with van der Waals surface area (Å²) in [6.07, 6.45) is 3.76. The molecule has 0 spiro atoms. The minimum Gasteiger partial charge on any atom is -0.340 e. The highest BCUT2D eigenvalue weighted by molar-refractivity contribution is 5.90. The lowest BCUT2D eigenvalue weighted by Crippen LogP contribution is -2.73. The van der Waals surface area contributed by atoms with E-state index < -0.39 is 0 Å². The van der Waals surface area contributed by atoms with Gasteiger partial charge in [-0.25, -0.2) is 5.21 Å². The second-order valence-electron chi connectivity index (χ2n) is 3.98. The molecule has 0 saturated heterocycles. The molecule has 0 radical (unpaired) electrons. The Kier molecular flexibility index (Phi) is 2.38. The normalized spacial score (nSPS) is 10.7. The number of nitrogens with two attached hydrogens (primary N) is 1. The maximum Gasteiger partial charge on any atom is 0.163 e. The third kappa shape index (κ3) is 1.49. The molecule has 0 aliphatic heterocycles. The first-order valence-electron chi connectivity index (χ1n) is 5.50. The van der Waals surface area contributed by atoms with Crippen molar-refractivity contribution in [3.05, 3.63) is 48.3 Å². The molecule has 0 amide bonds. The van der Waals surface area contributed by atoms with Gasteiger partial charge >= 0.3 is 0 Å². The Morgan fingerprint density at radius 1 is 1.28 bits per heavy atom. The molecule has 4 N–H and O–H groups in total. The highest BCUT2D eigenvalue weighted by Gasteiger charge is 2.13. The van der Waals surface area contributed by atoms with E-state index >= 15 is 0 Å². The molecule has 0 atom stereocenters. The summed E-state index contributed by atoms with van der Waals surface area (Å²) in [5, 5.41) is 19.1. The van der Waals surface area contributed by atoms with Crippen LogP contribution in [0, 0.1) is 11.3 Å². The third-order valence-corrected chi connectivity index (χ3v) is 2.93.